The van der Waals surface area contributed by atoms with Crippen molar-refractivity contribution in [1.29, 1.82) is 0 Å². The van der Waals surface area contributed by atoms with Crippen LogP contribution in [0, 0.1) is 0 Å². The summed E-state index contributed by atoms with van der Waals surface area (Å²) >= 11 is 0. The molecule has 0 spiro atoms. The van der Waals surface area contributed by atoms with E-state index in [1.54, 1.807) is 6.20 Å². The molecule has 1 heterocycles. The molecule has 1 rings (SSSR count). The lowest BCUT2D eigenvalue weighted by Crippen LogP contribution is -1.95. The fourth-order valence-electron chi connectivity index (χ4n) is 0.780. The molecule has 0 bridgehead atoms. The first-order valence-electron chi connectivity index (χ1n) is 3.41. The van der Waals surface area contributed by atoms with Crippen molar-refractivity contribution < 1.29 is 0 Å². The lowest BCUT2D eigenvalue weighted by Gasteiger charge is -1.95. The Balaban J connectivity index is 2.94. The van der Waals surface area contributed by atoms with Gasteiger partial charge in [0, 0.05) is 12.4 Å². The van der Waals surface area contributed by atoms with Crippen LogP contribution >= 0.6 is 0 Å². The molecule has 0 aliphatic carbocycles. The second kappa shape index (κ2) is 3.66. The van der Waals surface area contributed by atoms with Crippen LogP contribution in [0.2, 0.25) is 0 Å². The molecule has 0 saturated heterocycles. The van der Waals surface area contributed by atoms with Crippen molar-refractivity contribution in [2.24, 2.45) is 4.99 Å². The molecule has 0 fully saturated rings. The third-order valence-electron chi connectivity index (χ3n) is 1.32. The van der Waals surface area contributed by atoms with Crippen LogP contribution in [0.15, 0.2) is 42.2 Å². The van der Waals surface area contributed by atoms with Crippen molar-refractivity contribution >= 4 is 5.71 Å². The molecule has 0 aliphatic rings. The van der Waals surface area contributed by atoms with Gasteiger partial charge in [0.1, 0.15) is 0 Å². The van der Waals surface area contributed by atoms with Gasteiger partial charge in [0.2, 0.25) is 0 Å². The van der Waals surface area contributed by atoms with E-state index in [9.17, 15) is 0 Å². The number of hydrogen-bond acceptors (Lipinski definition) is 2. The number of aliphatic imine (C=N–C) groups is 1. The van der Waals surface area contributed by atoms with Gasteiger partial charge in [0.15, 0.2) is 0 Å². The standard InChI is InChI=1S/C9H10N2/c1-3-10-8(2)9-6-4-5-7-11-9/h3-7H,1H2,2H3. The molecule has 1 aromatic heterocycles. The van der Waals surface area contributed by atoms with Gasteiger partial charge in [-0.25, -0.2) is 0 Å². The van der Waals surface area contributed by atoms with Gasteiger partial charge >= 0.3 is 0 Å². The smallest absolute Gasteiger partial charge is 0.0841 e. The Morgan fingerprint density at radius 1 is 1.64 bits per heavy atom. The molecular weight excluding hydrogens is 136 g/mol. The Kier molecular flexibility index (Phi) is 2.55. The third-order valence-corrected chi connectivity index (χ3v) is 1.32. The number of aromatic nitrogens is 1. The molecule has 0 radical (unpaired) electrons. The first-order chi connectivity index (χ1) is 5.34. The average molecular weight is 146 g/mol. The van der Waals surface area contributed by atoms with Crippen LogP contribution in [-0.2, 0) is 0 Å². The topological polar surface area (TPSA) is 25.2 Å². The van der Waals surface area contributed by atoms with Gasteiger partial charge in [-0.05, 0) is 19.1 Å². The minimum absolute atomic E-state index is 0.889. The van der Waals surface area contributed by atoms with Gasteiger partial charge in [0.05, 0.1) is 11.4 Å². The largest absolute Gasteiger partial charge is 0.260 e. The van der Waals surface area contributed by atoms with Gasteiger partial charge in [0.25, 0.3) is 0 Å². The van der Waals surface area contributed by atoms with Crippen molar-refractivity contribution in [2.75, 3.05) is 0 Å². The normalized spacial score (nSPS) is 11.2. The summed E-state index contributed by atoms with van der Waals surface area (Å²) < 4.78 is 0. The number of hydrogen-bond donors (Lipinski definition) is 0. The van der Waals surface area contributed by atoms with E-state index in [4.69, 9.17) is 0 Å². The zero-order valence-corrected chi connectivity index (χ0v) is 6.49. The van der Waals surface area contributed by atoms with E-state index in [1.165, 1.54) is 6.20 Å². The molecule has 2 heteroatoms. The first kappa shape index (κ1) is 7.66. The van der Waals surface area contributed by atoms with Crippen LogP contribution in [0.4, 0.5) is 0 Å². The summed E-state index contributed by atoms with van der Waals surface area (Å²) in [6.07, 6.45) is 3.27. The molecule has 0 aromatic carbocycles. The van der Waals surface area contributed by atoms with E-state index in [1.807, 2.05) is 25.1 Å². The Morgan fingerprint density at radius 3 is 3.00 bits per heavy atom. The van der Waals surface area contributed by atoms with Gasteiger partial charge in [-0.15, -0.1) is 0 Å². The maximum atomic E-state index is 4.12. The maximum Gasteiger partial charge on any atom is 0.0841 e. The second-order valence-electron chi connectivity index (χ2n) is 2.11. The molecule has 0 N–H and O–H groups in total. The summed E-state index contributed by atoms with van der Waals surface area (Å²) in [4.78, 5) is 8.13. The zero-order valence-electron chi connectivity index (χ0n) is 6.49. The molecular formula is C9H10N2. The number of nitrogens with zero attached hydrogens (tertiary/aromatic N) is 2. The minimum Gasteiger partial charge on any atom is -0.260 e. The maximum absolute atomic E-state index is 4.12. The van der Waals surface area contributed by atoms with Crippen LogP contribution < -0.4 is 0 Å². The van der Waals surface area contributed by atoms with E-state index in [-0.39, 0.29) is 0 Å². The molecule has 0 saturated carbocycles. The van der Waals surface area contributed by atoms with Crippen LogP contribution in [-0.4, -0.2) is 10.7 Å². The number of rotatable bonds is 2. The van der Waals surface area contributed by atoms with Gasteiger partial charge in [-0.2, -0.15) is 0 Å². The highest BCUT2D eigenvalue weighted by molar-refractivity contribution is 5.97. The van der Waals surface area contributed by atoms with Crippen molar-refractivity contribution in [3.8, 4) is 0 Å². The summed E-state index contributed by atoms with van der Waals surface area (Å²) in [5.74, 6) is 0. The van der Waals surface area contributed by atoms with E-state index in [0.717, 1.165) is 11.4 Å². The summed E-state index contributed by atoms with van der Waals surface area (Å²) in [5, 5.41) is 0. The second-order valence-corrected chi connectivity index (χ2v) is 2.11. The minimum atomic E-state index is 0.889. The number of pyridine rings is 1. The van der Waals surface area contributed by atoms with Gasteiger partial charge < -0.3 is 0 Å². The average Bonchev–Trinajstić information content (AvgIpc) is 2.07. The van der Waals surface area contributed by atoms with Crippen molar-refractivity contribution in [2.45, 2.75) is 6.92 Å². The van der Waals surface area contributed by atoms with E-state index < -0.39 is 0 Å². The molecule has 2 nitrogen and oxygen atoms in total. The summed E-state index contributed by atoms with van der Waals surface area (Å²) in [5.41, 5.74) is 1.79. The highest BCUT2D eigenvalue weighted by atomic mass is 14.8. The Labute approximate surface area is 66.3 Å². The molecule has 56 valence electrons. The predicted molar refractivity (Wildman–Crippen MR) is 46.6 cm³/mol. The lowest BCUT2D eigenvalue weighted by atomic mass is 10.2. The third kappa shape index (κ3) is 2.00. The lowest BCUT2D eigenvalue weighted by molar-refractivity contribution is 1.28. The molecule has 1 aromatic rings. The van der Waals surface area contributed by atoms with Crippen LogP contribution in [0.5, 0.6) is 0 Å². The Morgan fingerprint density at radius 2 is 2.45 bits per heavy atom. The molecule has 0 aliphatic heterocycles. The van der Waals surface area contributed by atoms with Crippen LogP contribution in [0.1, 0.15) is 12.6 Å². The van der Waals surface area contributed by atoms with Crippen molar-refractivity contribution in [3.05, 3.63) is 42.9 Å². The molecule has 0 amide bonds. The summed E-state index contributed by atoms with van der Waals surface area (Å²) in [6.45, 7) is 5.42. The fraction of sp³-hybridized carbons (Fsp3) is 0.111. The van der Waals surface area contributed by atoms with E-state index in [0.29, 0.717) is 0 Å². The van der Waals surface area contributed by atoms with E-state index in [2.05, 4.69) is 16.6 Å². The van der Waals surface area contributed by atoms with Crippen molar-refractivity contribution in [1.82, 2.24) is 4.98 Å². The van der Waals surface area contributed by atoms with E-state index >= 15 is 0 Å². The monoisotopic (exact) mass is 146 g/mol. The Hall–Kier alpha value is -1.44. The Bertz CT molecular complexity index is 262. The van der Waals surface area contributed by atoms with Crippen molar-refractivity contribution in [3.63, 3.8) is 0 Å². The highest BCUT2D eigenvalue weighted by Crippen LogP contribution is 1.95. The highest BCUT2D eigenvalue weighted by Gasteiger charge is 1.93. The fourth-order valence-corrected chi connectivity index (χ4v) is 0.780. The first-order valence-corrected chi connectivity index (χ1v) is 3.41. The van der Waals surface area contributed by atoms with Gasteiger partial charge in [-0.1, -0.05) is 12.6 Å². The molecule has 11 heavy (non-hydrogen) atoms. The molecule has 0 atom stereocenters. The molecule has 0 unspecified atom stereocenters. The zero-order chi connectivity index (χ0) is 8.10. The van der Waals surface area contributed by atoms with Gasteiger partial charge in [-0.3, -0.25) is 9.98 Å². The summed E-state index contributed by atoms with van der Waals surface area (Å²) in [7, 11) is 0. The SMILES string of the molecule is C=CN=C(C)c1ccccn1. The summed E-state index contributed by atoms with van der Waals surface area (Å²) in [6, 6.07) is 5.73. The predicted octanol–water partition coefficient (Wildman–Crippen LogP) is 2.03. The van der Waals surface area contributed by atoms with Crippen LogP contribution in [0.25, 0.3) is 0 Å². The quantitative estimate of drug-likeness (QED) is 0.586. The van der Waals surface area contributed by atoms with Crippen LogP contribution in [0.3, 0.4) is 0 Å².